The van der Waals surface area contributed by atoms with Gasteiger partial charge in [0.2, 0.25) is 0 Å². The van der Waals surface area contributed by atoms with Crippen molar-refractivity contribution in [3.63, 3.8) is 0 Å². The van der Waals surface area contributed by atoms with E-state index in [0.717, 1.165) is 51.3 Å². The molecule has 0 spiro atoms. The highest BCUT2D eigenvalue weighted by molar-refractivity contribution is 5.86. The van der Waals surface area contributed by atoms with Gasteiger partial charge in [0.05, 0.1) is 0 Å². The molecule has 0 saturated carbocycles. The number of benzene rings is 1. The normalized spacial score (nSPS) is 24.8. The van der Waals surface area contributed by atoms with Crippen molar-refractivity contribution in [2.45, 2.75) is 25.0 Å². The van der Waals surface area contributed by atoms with Gasteiger partial charge < -0.3 is 20.6 Å². The van der Waals surface area contributed by atoms with Crippen LogP contribution in [0.2, 0.25) is 0 Å². The van der Waals surface area contributed by atoms with Gasteiger partial charge >= 0.3 is 0 Å². The van der Waals surface area contributed by atoms with E-state index in [2.05, 4.69) is 15.5 Å². The molecule has 26 heavy (non-hydrogen) atoms. The zero-order valence-electron chi connectivity index (χ0n) is 15.2. The average Bonchev–Trinajstić information content (AvgIpc) is 2.66. The third kappa shape index (κ3) is 5.01. The second kappa shape index (κ2) is 8.90. The highest BCUT2D eigenvalue weighted by Gasteiger charge is 2.41. The molecule has 0 aliphatic carbocycles. The lowest BCUT2D eigenvalue weighted by Gasteiger charge is -2.38. The number of piperidine rings is 1. The van der Waals surface area contributed by atoms with Crippen molar-refractivity contribution in [2.24, 2.45) is 0 Å². The average molecular weight is 364 g/mol. The summed E-state index contributed by atoms with van der Waals surface area (Å²) in [6, 6.07) is 6.16. The Morgan fingerprint density at radius 2 is 1.92 bits per heavy atom. The quantitative estimate of drug-likeness (QED) is 0.602. The number of amides is 1. The molecule has 2 fully saturated rings. The third-order valence-corrected chi connectivity index (χ3v) is 5.22. The van der Waals surface area contributed by atoms with Crippen LogP contribution in [-0.2, 0) is 11.3 Å². The van der Waals surface area contributed by atoms with Crippen LogP contribution in [0.15, 0.2) is 24.3 Å². The fraction of sp³-hybridized carbons (Fsp3) is 0.632. The molecule has 2 heterocycles. The molecule has 0 aromatic heterocycles. The maximum absolute atomic E-state index is 13.0. The van der Waals surface area contributed by atoms with Gasteiger partial charge in [-0.15, -0.1) is 0 Å². The monoisotopic (exact) mass is 364 g/mol. The van der Waals surface area contributed by atoms with E-state index in [1.54, 1.807) is 17.0 Å². The summed E-state index contributed by atoms with van der Waals surface area (Å²) in [6.45, 7) is 7.09. The summed E-state index contributed by atoms with van der Waals surface area (Å²) in [5, 5.41) is 17.4. The van der Waals surface area contributed by atoms with Crippen molar-refractivity contribution in [1.29, 1.82) is 0 Å². The Balaban J connectivity index is 1.48. The molecule has 1 aromatic rings. The SMILES string of the molecule is O=C1N(Cc2ccc(F)cc2)CCC[C@@]1(O)CNCCN1CCNCC1. The van der Waals surface area contributed by atoms with Gasteiger partial charge in [-0.3, -0.25) is 9.69 Å². The summed E-state index contributed by atoms with van der Waals surface area (Å²) >= 11 is 0. The van der Waals surface area contributed by atoms with Crippen LogP contribution in [0.5, 0.6) is 0 Å². The molecule has 2 saturated heterocycles. The van der Waals surface area contributed by atoms with Gasteiger partial charge in [0.1, 0.15) is 5.82 Å². The van der Waals surface area contributed by atoms with E-state index in [0.29, 0.717) is 19.5 Å². The number of hydrogen-bond donors (Lipinski definition) is 3. The van der Waals surface area contributed by atoms with Crippen LogP contribution in [-0.4, -0.2) is 78.8 Å². The van der Waals surface area contributed by atoms with Crippen molar-refractivity contribution in [1.82, 2.24) is 20.4 Å². The van der Waals surface area contributed by atoms with E-state index in [4.69, 9.17) is 0 Å². The number of hydrogen-bond acceptors (Lipinski definition) is 5. The van der Waals surface area contributed by atoms with E-state index in [1.807, 2.05) is 0 Å². The molecule has 1 atom stereocenters. The summed E-state index contributed by atoms with van der Waals surface area (Å²) in [5.74, 6) is -0.522. The molecule has 0 radical (unpaired) electrons. The van der Waals surface area contributed by atoms with E-state index in [-0.39, 0.29) is 18.3 Å². The van der Waals surface area contributed by atoms with Crippen LogP contribution in [0.3, 0.4) is 0 Å². The Labute approximate surface area is 154 Å². The molecule has 2 aliphatic heterocycles. The van der Waals surface area contributed by atoms with E-state index < -0.39 is 5.60 Å². The lowest BCUT2D eigenvalue weighted by molar-refractivity contribution is -0.157. The second-order valence-corrected chi connectivity index (χ2v) is 7.26. The molecule has 0 unspecified atom stereocenters. The zero-order chi connectivity index (χ0) is 18.4. The number of carbonyl (C=O) groups is 1. The van der Waals surface area contributed by atoms with Gasteiger partial charge in [-0.05, 0) is 30.5 Å². The Morgan fingerprint density at radius 1 is 1.19 bits per heavy atom. The molecular formula is C19H29FN4O2. The third-order valence-electron chi connectivity index (χ3n) is 5.22. The summed E-state index contributed by atoms with van der Waals surface area (Å²) < 4.78 is 13.0. The van der Waals surface area contributed by atoms with Crippen molar-refractivity contribution in [3.8, 4) is 0 Å². The second-order valence-electron chi connectivity index (χ2n) is 7.26. The Morgan fingerprint density at radius 3 is 2.65 bits per heavy atom. The van der Waals surface area contributed by atoms with Gasteiger partial charge in [0, 0.05) is 58.9 Å². The summed E-state index contributed by atoms with van der Waals surface area (Å²) in [5.41, 5.74) is -0.475. The number of likely N-dealkylation sites (tertiary alicyclic amines) is 1. The van der Waals surface area contributed by atoms with E-state index >= 15 is 0 Å². The predicted molar refractivity (Wildman–Crippen MR) is 98.2 cm³/mol. The number of halogens is 1. The van der Waals surface area contributed by atoms with Gasteiger partial charge in [-0.25, -0.2) is 4.39 Å². The number of rotatable bonds is 7. The molecule has 6 nitrogen and oxygen atoms in total. The minimum absolute atomic E-state index is 0.234. The number of aliphatic hydroxyl groups is 1. The van der Waals surface area contributed by atoms with Crippen LogP contribution in [0.1, 0.15) is 18.4 Å². The minimum Gasteiger partial charge on any atom is -0.379 e. The highest BCUT2D eigenvalue weighted by Crippen LogP contribution is 2.23. The molecule has 1 aromatic carbocycles. The van der Waals surface area contributed by atoms with Gasteiger partial charge in [-0.2, -0.15) is 0 Å². The van der Waals surface area contributed by atoms with Crippen LogP contribution in [0.4, 0.5) is 4.39 Å². The number of piperazine rings is 1. The maximum atomic E-state index is 13.0. The molecule has 7 heteroatoms. The summed E-state index contributed by atoms with van der Waals surface area (Å²) in [6.07, 6.45) is 1.25. The Hall–Kier alpha value is -1.54. The van der Waals surface area contributed by atoms with Crippen molar-refractivity contribution < 1.29 is 14.3 Å². The van der Waals surface area contributed by atoms with Crippen LogP contribution in [0, 0.1) is 5.82 Å². The number of carbonyl (C=O) groups excluding carboxylic acids is 1. The number of nitrogens with one attached hydrogen (secondary N) is 2. The first-order chi connectivity index (χ1) is 12.6. The largest absolute Gasteiger partial charge is 0.379 e. The predicted octanol–water partition coefficient (Wildman–Crippen LogP) is 0.174. The Kier molecular flexibility index (Phi) is 6.58. The van der Waals surface area contributed by atoms with Crippen LogP contribution < -0.4 is 10.6 Å². The minimum atomic E-state index is -1.35. The zero-order valence-corrected chi connectivity index (χ0v) is 15.2. The molecule has 144 valence electrons. The lowest BCUT2D eigenvalue weighted by Crippen LogP contribution is -2.58. The van der Waals surface area contributed by atoms with E-state index in [9.17, 15) is 14.3 Å². The topological polar surface area (TPSA) is 67.8 Å². The fourth-order valence-electron chi connectivity index (χ4n) is 3.66. The summed E-state index contributed by atoms with van der Waals surface area (Å²) in [7, 11) is 0. The first-order valence-corrected chi connectivity index (χ1v) is 9.47. The molecular weight excluding hydrogens is 335 g/mol. The van der Waals surface area contributed by atoms with Crippen molar-refractivity contribution >= 4 is 5.91 Å². The first-order valence-electron chi connectivity index (χ1n) is 9.47. The molecule has 3 rings (SSSR count). The lowest BCUT2D eigenvalue weighted by atomic mass is 9.91. The molecule has 2 aliphatic rings. The molecule has 3 N–H and O–H groups in total. The standard InChI is InChI=1S/C19H29FN4O2/c20-17-4-2-16(3-5-17)14-24-10-1-6-19(26,18(24)25)15-22-9-13-23-11-7-21-8-12-23/h2-5,21-22,26H,1,6-15H2/t19-/m1/s1. The van der Waals surface area contributed by atoms with Crippen LogP contribution >= 0.6 is 0 Å². The maximum Gasteiger partial charge on any atom is 0.256 e. The smallest absolute Gasteiger partial charge is 0.256 e. The Bertz CT molecular complexity index is 592. The van der Waals surface area contributed by atoms with Gasteiger partial charge in [0.25, 0.3) is 5.91 Å². The van der Waals surface area contributed by atoms with Gasteiger partial charge in [0.15, 0.2) is 5.60 Å². The molecule has 1 amide bonds. The number of nitrogens with zero attached hydrogens (tertiary/aromatic N) is 2. The van der Waals surface area contributed by atoms with E-state index in [1.165, 1.54) is 12.1 Å². The van der Waals surface area contributed by atoms with Gasteiger partial charge in [-0.1, -0.05) is 12.1 Å². The fourth-order valence-corrected chi connectivity index (χ4v) is 3.66. The van der Waals surface area contributed by atoms with Crippen LogP contribution in [0.25, 0.3) is 0 Å². The molecule has 0 bridgehead atoms. The van der Waals surface area contributed by atoms with Crippen molar-refractivity contribution in [3.05, 3.63) is 35.6 Å². The summed E-state index contributed by atoms with van der Waals surface area (Å²) in [4.78, 5) is 16.8. The first kappa shape index (κ1) is 19.2. The highest BCUT2D eigenvalue weighted by atomic mass is 19.1. The van der Waals surface area contributed by atoms with Crippen molar-refractivity contribution in [2.75, 3.05) is 52.4 Å².